The second-order valence-electron chi connectivity index (χ2n) is 10.4. The Hall–Kier alpha value is -4.99. The molecule has 1 fully saturated rings. The van der Waals surface area contributed by atoms with Crippen molar-refractivity contribution in [2.45, 2.75) is 24.9 Å². The number of halogens is 6. The maximum absolute atomic E-state index is 13.6. The summed E-state index contributed by atoms with van der Waals surface area (Å²) in [7, 11) is 4.61. The van der Waals surface area contributed by atoms with Crippen molar-refractivity contribution in [2.75, 3.05) is 46.3 Å². The first-order valence-electron chi connectivity index (χ1n) is 13.8. The van der Waals surface area contributed by atoms with E-state index in [-0.39, 0.29) is 17.4 Å². The molecule has 0 aromatic heterocycles. The van der Waals surface area contributed by atoms with Gasteiger partial charge in [0.2, 0.25) is 11.7 Å². The van der Waals surface area contributed by atoms with Crippen molar-refractivity contribution >= 4 is 23.5 Å². The number of methoxy groups -OCH3 is 3. The molecule has 3 aromatic carbocycles. The molecule has 0 bridgehead atoms. The maximum atomic E-state index is 13.6. The van der Waals surface area contributed by atoms with Crippen LogP contribution < -0.4 is 19.5 Å². The number of piperazine rings is 1. The van der Waals surface area contributed by atoms with Crippen LogP contribution in [0.15, 0.2) is 54.6 Å². The van der Waals surface area contributed by atoms with E-state index in [9.17, 15) is 35.9 Å². The van der Waals surface area contributed by atoms with Gasteiger partial charge in [-0.2, -0.15) is 26.3 Å². The number of nitrogens with one attached hydrogen (secondary N) is 1. The number of carboxylic acid groups (broad SMARTS) is 1. The molecule has 10 nitrogen and oxygen atoms in total. The van der Waals surface area contributed by atoms with Gasteiger partial charge in [0.1, 0.15) is 6.04 Å². The van der Waals surface area contributed by atoms with Gasteiger partial charge >= 0.3 is 18.3 Å². The monoisotopic (exact) mass is 669 g/mol. The van der Waals surface area contributed by atoms with Gasteiger partial charge in [-0.05, 0) is 53.1 Å². The molecule has 2 N–H and O–H groups in total. The van der Waals surface area contributed by atoms with Gasteiger partial charge in [-0.3, -0.25) is 14.5 Å². The Morgan fingerprint density at radius 1 is 0.894 bits per heavy atom. The molecule has 3 aromatic rings. The van der Waals surface area contributed by atoms with Gasteiger partial charge in [0.15, 0.2) is 11.5 Å². The van der Waals surface area contributed by atoms with Crippen LogP contribution in [0.4, 0.5) is 32.0 Å². The fourth-order valence-corrected chi connectivity index (χ4v) is 5.19. The lowest BCUT2D eigenvalue weighted by Crippen LogP contribution is -2.58. The topological polar surface area (TPSA) is 118 Å². The van der Waals surface area contributed by atoms with E-state index in [1.807, 2.05) is 12.1 Å². The highest BCUT2D eigenvalue weighted by molar-refractivity contribution is 6.10. The Kier molecular flexibility index (Phi) is 10.2. The van der Waals surface area contributed by atoms with E-state index in [0.717, 1.165) is 17.7 Å². The zero-order valence-corrected chi connectivity index (χ0v) is 25.2. The van der Waals surface area contributed by atoms with Crippen LogP contribution in [0.3, 0.4) is 0 Å². The third-order valence-electron chi connectivity index (χ3n) is 7.43. The Balaban J connectivity index is 0.000000644. The Morgan fingerprint density at radius 3 is 2.06 bits per heavy atom. The molecule has 16 heteroatoms. The molecule has 0 spiro atoms. The predicted octanol–water partition coefficient (Wildman–Crippen LogP) is 5.31. The Morgan fingerprint density at radius 2 is 1.51 bits per heavy atom. The third-order valence-corrected chi connectivity index (χ3v) is 7.43. The molecule has 252 valence electrons. The Bertz CT molecular complexity index is 1640. The largest absolute Gasteiger partial charge is 0.493 e. The molecule has 0 saturated carbocycles. The zero-order chi connectivity index (χ0) is 34.7. The molecule has 2 heterocycles. The number of ether oxygens (including phenoxy) is 3. The van der Waals surface area contributed by atoms with Gasteiger partial charge in [-0.25, -0.2) is 4.79 Å². The predicted molar refractivity (Wildman–Crippen MR) is 155 cm³/mol. The van der Waals surface area contributed by atoms with Crippen LogP contribution in [-0.4, -0.2) is 85.9 Å². The molecule has 0 radical (unpaired) electrons. The number of amides is 2. The van der Waals surface area contributed by atoms with Gasteiger partial charge < -0.3 is 29.5 Å². The minimum atomic E-state index is -5.08. The molecule has 2 aliphatic heterocycles. The highest BCUT2D eigenvalue weighted by atomic mass is 19.4. The number of anilines is 1. The number of benzene rings is 3. The van der Waals surface area contributed by atoms with E-state index in [1.54, 1.807) is 18.2 Å². The summed E-state index contributed by atoms with van der Waals surface area (Å²) >= 11 is 0. The first-order chi connectivity index (χ1) is 22.1. The van der Waals surface area contributed by atoms with Gasteiger partial charge in [0, 0.05) is 26.2 Å². The van der Waals surface area contributed by atoms with Crippen molar-refractivity contribution in [1.29, 1.82) is 0 Å². The summed E-state index contributed by atoms with van der Waals surface area (Å²) in [5.74, 6) is -1.91. The fraction of sp³-hybridized carbons (Fsp3) is 0.323. The molecule has 1 saturated heterocycles. The lowest BCUT2D eigenvalue weighted by atomic mass is 9.99. The van der Waals surface area contributed by atoms with Crippen molar-refractivity contribution in [2.24, 2.45) is 0 Å². The van der Waals surface area contributed by atoms with E-state index in [1.165, 1.54) is 38.4 Å². The van der Waals surface area contributed by atoms with Crippen LogP contribution in [0.1, 0.15) is 21.5 Å². The van der Waals surface area contributed by atoms with E-state index >= 15 is 0 Å². The molecule has 5 rings (SSSR count). The molecule has 0 aliphatic carbocycles. The van der Waals surface area contributed by atoms with Crippen molar-refractivity contribution in [1.82, 2.24) is 9.80 Å². The lowest BCUT2D eigenvalue weighted by Gasteiger charge is -2.39. The van der Waals surface area contributed by atoms with E-state index in [0.29, 0.717) is 60.2 Å². The fourth-order valence-electron chi connectivity index (χ4n) is 5.19. The SMILES string of the molecule is COc1cc(CN2CCN3C(=O)c4cc(-c5cccc(C(F)(F)F)c5)ccc4NC(=O)C3C2)cc(OC)c1OC.O=C(O)C(F)(F)F. The van der Waals surface area contributed by atoms with Crippen LogP contribution in [0.25, 0.3) is 11.1 Å². The molecule has 1 unspecified atom stereocenters. The van der Waals surface area contributed by atoms with Gasteiger partial charge in [-0.15, -0.1) is 0 Å². The van der Waals surface area contributed by atoms with Crippen molar-refractivity contribution < 1.29 is 60.0 Å². The quantitative estimate of drug-likeness (QED) is 0.340. The van der Waals surface area contributed by atoms with Gasteiger partial charge in [0.05, 0.1) is 38.1 Å². The number of hydrogen-bond donors (Lipinski definition) is 2. The average molecular weight is 670 g/mol. The summed E-state index contributed by atoms with van der Waals surface area (Å²) in [5.41, 5.74) is 1.46. The first-order valence-corrected chi connectivity index (χ1v) is 13.8. The number of hydrogen-bond acceptors (Lipinski definition) is 7. The molecule has 1 atom stereocenters. The summed E-state index contributed by atoms with van der Waals surface area (Å²) in [5, 5.41) is 9.96. The minimum absolute atomic E-state index is 0.240. The summed E-state index contributed by atoms with van der Waals surface area (Å²) < 4.78 is 87.8. The number of carbonyl (C=O) groups is 3. The number of carbonyl (C=O) groups excluding carboxylic acids is 2. The number of carboxylic acids is 1. The highest BCUT2D eigenvalue weighted by Gasteiger charge is 2.40. The number of fused-ring (bicyclic) bond motifs is 2. The van der Waals surface area contributed by atoms with Crippen molar-refractivity contribution in [3.8, 4) is 28.4 Å². The van der Waals surface area contributed by atoms with Crippen molar-refractivity contribution in [3.05, 3.63) is 71.3 Å². The van der Waals surface area contributed by atoms with Gasteiger partial charge in [0.25, 0.3) is 5.91 Å². The summed E-state index contributed by atoms with van der Waals surface area (Å²) in [6, 6.07) is 12.6. The number of nitrogens with zero attached hydrogens (tertiary/aromatic N) is 2. The second-order valence-corrected chi connectivity index (χ2v) is 10.4. The third kappa shape index (κ3) is 7.88. The zero-order valence-electron chi connectivity index (χ0n) is 25.2. The molecule has 2 aliphatic rings. The summed E-state index contributed by atoms with van der Waals surface area (Å²) in [6.45, 7) is 1.58. The highest BCUT2D eigenvalue weighted by Crippen LogP contribution is 2.39. The minimum Gasteiger partial charge on any atom is -0.493 e. The van der Waals surface area contributed by atoms with Gasteiger partial charge in [-0.1, -0.05) is 18.2 Å². The number of rotatable bonds is 6. The normalized spacial score (nSPS) is 16.5. The van der Waals surface area contributed by atoms with Crippen LogP contribution in [0.2, 0.25) is 0 Å². The van der Waals surface area contributed by atoms with Crippen LogP contribution in [0.5, 0.6) is 17.2 Å². The maximum Gasteiger partial charge on any atom is 0.490 e. The second kappa shape index (κ2) is 13.8. The van der Waals surface area contributed by atoms with E-state index in [2.05, 4.69) is 10.2 Å². The molecule has 2 amide bonds. The van der Waals surface area contributed by atoms with E-state index in [4.69, 9.17) is 24.1 Å². The number of aliphatic carboxylic acids is 1. The molecular weight excluding hydrogens is 640 g/mol. The molecular formula is C31H29F6N3O7. The van der Waals surface area contributed by atoms with Crippen LogP contribution in [-0.2, 0) is 22.3 Å². The Labute approximate surface area is 264 Å². The van der Waals surface area contributed by atoms with Crippen LogP contribution >= 0.6 is 0 Å². The van der Waals surface area contributed by atoms with E-state index < -0.39 is 29.9 Å². The summed E-state index contributed by atoms with van der Waals surface area (Å²) in [6.07, 6.45) is -9.57. The average Bonchev–Trinajstić information content (AvgIpc) is 3.13. The first kappa shape index (κ1) is 34.9. The number of alkyl halides is 6. The molecule has 47 heavy (non-hydrogen) atoms. The lowest BCUT2D eigenvalue weighted by molar-refractivity contribution is -0.192. The smallest absolute Gasteiger partial charge is 0.490 e. The standard InChI is InChI=1S/C29H28F3N3O5.C2HF3O2/c1-38-24-11-17(12-25(39-2)26(24)40-3)15-34-9-10-35-23(16-34)27(36)33-22-8-7-19(14-21(22)28(35)37)18-5-4-6-20(13-18)29(30,31)32;3-2(4,5)1(6)7/h4-8,11-14,23H,9-10,15-16H2,1-3H3,(H,33,36);(H,6,7). The van der Waals surface area contributed by atoms with Crippen molar-refractivity contribution in [3.63, 3.8) is 0 Å². The summed E-state index contributed by atoms with van der Waals surface area (Å²) in [4.78, 5) is 39.3. The van der Waals surface area contributed by atoms with Crippen LogP contribution in [0, 0.1) is 0 Å².